The van der Waals surface area contributed by atoms with Crippen molar-refractivity contribution < 1.29 is 27.5 Å². The predicted octanol–water partition coefficient (Wildman–Crippen LogP) is 0.596. The Hall–Kier alpha value is -2.39. The first kappa shape index (κ1) is 20.7. The van der Waals surface area contributed by atoms with Crippen molar-refractivity contribution in [3.63, 3.8) is 0 Å². The Morgan fingerprint density at radius 2 is 1.84 bits per heavy atom. The number of ether oxygens (including phenoxy) is 2. The molecule has 1 amide bonds. The van der Waals surface area contributed by atoms with Crippen LogP contribution in [-0.4, -0.2) is 46.1 Å². The molecule has 0 saturated heterocycles. The number of methoxy groups -OCH3 is 1. The summed E-state index contributed by atoms with van der Waals surface area (Å²) in [5.74, 6) is -0.859. The Labute approximate surface area is 147 Å². The first-order valence-corrected chi connectivity index (χ1v) is 8.95. The highest BCUT2D eigenvalue weighted by atomic mass is 32.2. The fraction of sp³-hybridized carbons (Fsp3) is 0.375. The molecule has 0 aliphatic carbocycles. The SMILES string of the molecule is C=CCNC(=O)[C@@H](C)OC(=O)[C@H](C)NS(=O)(=O)c1ccc(OC)cc1. The lowest BCUT2D eigenvalue weighted by Gasteiger charge is -2.17. The van der Waals surface area contributed by atoms with Crippen molar-refractivity contribution in [3.05, 3.63) is 36.9 Å². The molecule has 0 heterocycles. The van der Waals surface area contributed by atoms with E-state index in [9.17, 15) is 18.0 Å². The summed E-state index contributed by atoms with van der Waals surface area (Å²) >= 11 is 0. The van der Waals surface area contributed by atoms with Gasteiger partial charge in [0, 0.05) is 6.54 Å². The van der Waals surface area contributed by atoms with E-state index in [-0.39, 0.29) is 11.4 Å². The number of carbonyl (C=O) groups excluding carboxylic acids is 2. The molecule has 0 aliphatic rings. The minimum absolute atomic E-state index is 0.0234. The number of carbonyl (C=O) groups is 2. The van der Waals surface area contributed by atoms with E-state index in [1.54, 1.807) is 0 Å². The highest BCUT2D eigenvalue weighted by Crippen LogP contribution is 2.15. The molecule has 2 N–H and O–H groups in total. The largest absolute Gasteiger partial charge is 0.497 e. The van der Waals surface area contributed by atoms with Gasteiger partial charge >= 0.3 is 5.97 Å². The van der Waals surface area contributed by atoms with Gasteiger partial charge in [0.2, 0.25) is 10.0 Å². The molecule has 1 aromatic carbocycles. The molecule has 0 aromatic heterocycles. The van der Waals surface area contributed by atoms with Gasteiger partial charge in [-0.05, 0) is 38.1 Å². The molecule has 0 saturated carbocycles. The minimum Gasteiger partial charge on any atom is -0.497 e. The van der Waals surface area contributed by atoms with Gasteiger partial charge in [-0.3, -0.25) is 9.59 Å². The van der Waals surface area contributed by atoms with E-state index in [1.807, 2.05) is 0 Å². The normalized spacial score (nSPS) is 13.4. The van der Waals surface area contributed by atoms with Gasteiger partial charge in [-0.2, -0.15) is 4.72 Å². The van der Waals surface area contributed by atoms with Crippen LogP contribution in [0.3, 0.4) is 0 Å². The lowest BCUT2D eigenvalue weighted by molar-refractivity contribution is -0.155. The van der Waals surface area contributed by atoms with Crippen LogP contribution >= 0.6 is 0 Å². The Morgan fingerprint density at radius 3 is 2.36 bits per heavy atom. The van der Waals surface area contributed by atoms with E-state index in [0.717, 1.165) is 0 Å². The summed E-state index contributed by atoms with van der Waals surface area (Å²) in [6.07, 6.45) is 0.429. The molecule has 0 radical (unpaired) electrons. The van der Waals surface area contributed by atoms with Crippen LogP contribution in [0.15, 0.2) is 41.8 Å². The zero-order valence-corrected chi connectivity index (χ0v) is 15.1. The van der Waals surface area contributed by atoms with Gasteiger partial charge in [-0.1, -0.05) is 6.08 Å². The summed E-state index contributed by atoms with van der Waals surface area (Å²) in [4.78, 5) is 23.6. The van der Waals surface area contributed by atoms with E-state index in [0.29, 0.717) is 5.75 Å². The van der Waals surface area contributed by atoms with Crippen molar-refractivity contribution in [2.45, 2.75) is 30.9 Å². The van der Waals surface area contributed by atoms with Crippen molar-refractivity contribution in [2.24, 2.45) is 0 Å². The summed E-state index contributed by atoms with van der Waals surface area (Å²) in [6, 6.07) is 4.52. The molecule has 9 heteroatoms. The number of hydrogen-bond donors (Lipinski definition) is 2. The topological polar surface area (TPSA) is 111 Å². The lowest BCUT2D eigenvalue weighted by atomic mass is 10.3. The number of amides is 1. The van der Waals surface area contributed by atoms with Gasteiger partial charge in [-0.15, -0.1) is 6.58 Å². The van der Waals surface area contributed by atoms with Gasteiger partial charge in [0.15, 0.2) is 6.10 Å². The molecule has 0 aliphatic heterocycles. The second kappa shape index (κ2) is 9.19. The van der Waals surface area contributed by atoms with E-state index < -0.39 is 34.0 Å². The fourth-order valence-electron chi connectivity index (χ4n) is 1.75. The van der Waals surface area contributed by atoms with Crippen molar-refractivity contribution >= 4 is 21.9 Å². The third kappa shape index (κ3) is 6.20. The van der Waals surface area contributed by atoms with E-state index in [4.69, 9.17) is 9.47 Å². The molecule has 0 unspecified atom stereocenters. The first-order chi connectivity index (χ1) is 11.7. The number of sulfonamides is 1. The zero-order valence-electron chi connectivity index (χ0n) is 14.3. The molecule has 25 heavy (non-hydrogen) atoms. The van der Waals surface area contributed by atoms with E-state index >= 15 is 0 Å². The molecule has 2 atom stereocenters. The minimum atomic E-state index is -3.92. The smallest absolute Gasteiger partial charge is 0.324 e. The quantitative estimate of drug-likeness (QED) is 0.486. The Kier molecular flexibility index (Phi) is 7.59. The highest BCUT2D eigenvalue weighted by Gasteiger charge is 2.26. The van der Waals surface area contributed by atoms with Gasteiger partial charge < -0.3 is 14.8 Å². The molecule has 0 bridgehead atoms. The summed E-state index contributed by atoms with van der Waals surface area (Å²) in [6.45, 7) is 6.41. The van der Waals surface area contributed by atoms with Crippen LogP contribution in [0, 0.1) is 0 Å². The van der Waals surface area contributed by atoms with Crippen LogP contribution in [0.25, 0.3) is 0 Å². The molecular weight excluding hydrogens is 348 g/mol. The Bertz CT molecular complexity index is 715. The van der Waals surface area contributed by atoms with Gasteiger partial charge in [0.25, 0.3) is 5.91 Å². The van der Waals surface area contributed by atoms with Crippen LogP contribution in [-0.2, 0) is 24.3 Å². The van der Waals surface area contributed by atoms with Crippen molar-refractivity contribution in [3.8, 4) is 5.75 Å². The summed E-state index contributed by atoms with van der Waals surface area (Å²) in [5, 5.41) is 2.48. The maximum atomic E-state index is 12.3. The Morgan fingerprint density at radius 1 is 1.24 bits per heavy atom. The maximum absolute atomic E-state index is 12.3. The number of nitrogens with one attached hydrogen (secondary N) is 2. The summed E-state index contributed by atoms with van der Waals surface area (Å²) in [5.41, 5.74) is 0. The number of esters is 1. The van der Waals surface area contributed by atoms with Gasteiger partial charge in [0.1, 0.15) is 11.8 Å². The lowest BCUT2D eigenvalue weighted by Crippen LogP contribution is -2.43. The fourth-order valence-corrected chi connectivity index (χ4v) is 2.94. The predicted molar refractivity (Wildman–Crippen MR) is 91.5 cm³/mol. The molecule has 1 aromatic rings. The van der Waals surface area contributed by atoms with Crippen LogP contribution in [0.1, 0.15) is 13.8 Å². The van der Waals surface area contributed by atoms with Gasteiger partial charge in [0.05, 0.1) is 12.0 Å². The standard InChI is InChI=1S/C16H22N2O6S/c1-5-10-17-15(19)12(3)24-16(20)11(2)18-25(21,22)14-8-6-13(23-4)7-9-14/h5-9,11-12,18H,1,10H2,2-4H3,(H,17,19)/t11-,12+/m0/s1. The zero-order chi connectivity index (χ0) is 19.0. The average Bonchev–Trinajstić information content (AvgIpc) is 2.59. The number of benzene rings is 1. The summed E-state index contributed by atoms with van der Waals surface area (Å²) < 4.78 is 36.6. The third-order valence-corrected chi connectivity index (χ3v) is 4.69. The first-order valence-electron chi connectivity index (χ1n) is 7.46. The molecular formula is C16H22N2O6S. The highest BCUT2D eigenvalue weighted by molar-refractivity contribution is 7.89. The van der Waals surface area contributed by atoms with Crippen molar-refractivity contribution in [1.29, 1.82) is 0 Å². The number of rotatable bonds is 9. The molecule has 8 nitrogen and oxygen atoms in total. The van der Waals surface area contributed by atoms with Crippen molar-refractivity contribution in [1.82, 2.24) is 10.0 Å². The Balaban J connectivity index is 2.69. The molecule has 0 spiro atoms. The average molecular weight is 370 g/mol. The van der Waals surface area contributed by atoms with Crippen LogP contribution in [0.4, 0.5) is 0 Å². The second-order valence-electron chi connectivity index (χ2n) is 5.13. The van der Waals surface area contributed by atoms with Crippen molar-refractivity contribution in [2.75, 3.05) is 13.7 Å². The maximum Gasteiger partial charge on any atom is 0.324 e. The molecule has 138 valence electrons. The van der Waals surface area contributed by atoms with Gasteiger partial charge in [-0.25, -0.2) is 8.42 Å². The third-order valence-electron chi connectivity index (χ3n) is 3.14. The molecule has 1 rings (SSSR count). The second-order valence-corrected chi connectivity index (χ2v) is 6.85. The number of hydrogen-bond acceptors (Lipinski definition) is 6. The van der Waals surface area contributed by atoms with E-state index in [2.05, 4.69) is 16.6 Å². The van der Waals surface area contributed by atoms with E-state index in [1.165, 1.54) is 51.3 Å². The van der Waals surface area contributed by atoms with Crippen LogP contribution < -0.4 is 14.8 Å². The monoisotopic (exact) mass is 370 g/mol. The van der Waals surface area contributed by atoms with Crippen LogP contribution in [0.5, 0.6) is 5.75 Å². The summed E-state index contributed by atoms with van der Waals surface area (Å²) in [7, 11) is -2.46. The molecule has 0 fully saturated rings. The van der Waals surface area contributed by atoms with Crippen LogP contribution in [0.2, 0.25) is 0 Å².